The maximum atomic E-state index is 3.23. The summed E-state index contributed by atoms with van der Waals surface area (Å²) < 4.78 is 0. The van der Waals surface area contributed by atoms with Crippen molar-refractivity contribution in [3.8, 4) is 0 Å². The molecule has 0 aliphatic carbocycles. The Morgan fingerprint density at radius 3 is 2.36 bits per heavy atom. The van der Waals surface area contributed by atoms with Crippen LogP contribution in [0.3, 0.4) is 0 Å². The maximum absolute atomic E-state index is 3.23. The van der Waals surface area contributed by atoms with E-state index in [0.29, 0.717) is 15.7 Å². The van der Waals surface area contributed by atoms with Crippen molar-refractivity contribution >= 4 is 9.52 Å². The Labute approximate surface area is 73.0 Å². The van der Waals surface area contributed by atoms with Gasteiger partial charge in [0.15, 0.2) is 0 Å². The lowest BCUT2D eigenvalue weighted by Gasteiger charge is -2.14. The highest BCUT2D eigenvalue weighted by atomic mass is 28.2. The summed E-state index contributed by atoms with van der Waals surface area (Å²) >= 11 is 0. The largest absolute Gasteiger partial charge is 0.305 e. The molecule has 0 aromatic heterocycles. The summed E-state index contributed by atoms with van der Waals surface area (Å²) in [6.45, 7) is 2.31. The number of hydrogen-bond donors (Lipinski definition) is 2. The minimum atomic E-state index is 0.308. The first-order chi connectivity index (χ1) is 5.35. The molecule has 2 N–H and O–H groups in total. The van der Waals surface area contributed by atoms with Gasteiger partial charge in [0.1, 0.15) is 0 Å². The fraction of sp³-hybridized carbons (Fsp3) is 1.00. The van der Waals surface area contributed by atoms with Gasteiger partial charge in [-0.25, -0.2) is 0 Å². The fourth-order valence-electron chi connectivity index (χ4n) is 1.21. The molecule has 11 heavy (non-hydrogen) atoms. The standard InChI is InChI=1S/C8H22N2Si/c1-4-11-7-5-6-8(9-2)10-3/h8-10H,4-7,11H2,1-3H3. The average Bonchev–Trinajstić information content (AvgIpc) is 2.05. The Bertz CT molecular complexity index is 74.5. The molecule has 0 aromatic carbocycles. The third-order valence-corrected chi connectivity index (χ3v) is 3.75. The normalized spacial score (nSPS) is 12.0. The molecule has 0 saturated carbocycles. The van der Waals surface area contributed by atoms with Crippen LogP contribution in [0, 0.1) is 0 Å². The van der Waals surface area contributed by atoms with E-state index < -0.39 is 0 Å². The molecule has 0 unspecified atom stereocenters. The van der Waals surface area contributed by atoms with Crippen LogP contribution >= 0.6 is 0 Å². The van der Waals surface area contributed by atoms with Gasteiger partial charge in [0.25, 0.3) is 0 Å². The van der Waals surface area contributed by atoms with E-state index in [2.05, 4.69) is 17.6 Å². The number of rotatable bonds is 7. The summed E-state index contributed by atoms with van der Waals surface area (Å²) in [5.41, 5.74) is 0. The third kappa shape index (κ3) is 6.53. The molecular formula is C8H22N2Si. The van der Waals surface area contributed by atoms with E-state index in [9.17, 15) is 0 Å². The minimum absolute atomic E-state index is 0.308. The van der Waals surface area contributed by atoms with Crippen molar-refractivity contribution in [3.05, 3.63) is 0 Å². The van der Waals surface area contributed by atoms with E-state index in [1.807, 2.05) is 14.1 Å². The van der Waals surface area contributed by atoms with Crippen molar-refractivity contribution in [1.82, 2.24) is 10.6 Å². The Morgan fingerprint density at radius 2 is 1.91 bits per heavy atom. The van der Waals surface area contributed by atoms with Crippen molar-refractivity contribution in [3.63, 3.8) is 0 Å². The van der Waals surface area contributed by atoms with Gasteiger partial charge in [0.2, 0.25) is 0 Å². The Kier molecular flexibility index (Phi) is 8.34. The summed E-state index contributed by atoms with van der Waals surface area (Å²) in [4.78, 5) is 0. The van der Waals surface area contributed by atoms with Crippen LogP contribution in [0.2, 0.25) is 12.1 Å². The van der Waals surface area contributed by atoms with Crippen molar-refractivity contribution in [2.24, 2.45) is 0 Å². The van der Waals surface area contributed by atoms with Gasteiger partial charge >= 0.3 is 0 Å². The van der Waals surface area contributed by atoms with Crippen LogP contribution in [0.4, 0.5) is 0 Å². The molecule has 68 valence electrons. The van der Waals surface area contributed by atoms with Crippen molar-refractivity contribution < 1.29 is 0 Å². The second-order valence-corrected chi connectivity index (χ2v) is 5.39. The van der Waals surface area contributed by atoms with Gasteiger partial charge in [-0.1, -0.05) is 25.4 Å². The van der Waals surface area contributed by atoms with E-state index in [1.54, 1.807) is 0 Å². The van der Waals surface area contributed by atoms with E-state index in [4.69, 9.17) is 0 Å². The highest BCUT2D eigenvalue weighted by Gasteiger charge is 1.99. The molecule has 0 radical (unpaired) electrons. The predicted octanol–water partition coefficient (Wildman–Crippen LogP) is 0.557. The molecule has 0 fully saturated rings. The highest BCUT2D eigenvalue weighted by molar-refractivity contribution is 6.35. The first-order valence-electron chi connectivity index (χ1n) is 4.69. The van der Waals surface area contributed by atoms with Gasteiger partial charge in [0.05, 0.1) is 6.17 Å². The predicted molar refractivity (Wildman–Crippen MR) is 55.0 cm³/mol. The van der Waals surface area contributed by atoms with Crippen LogP contribution in [0.25, 0.3) is 0 Å². The fourth-order valence-corrected chi connectivity index (χ4v) is 2.35. The molecule has 0 atom stereocenters. The monoisotopic (exact) mass is 174 g/mol. The molecule has 0 rings (SSSR count). The van der Waals surface area contributed by atoms with Crippen molar-refractivity contribution in [2.75, 3.05) is 14.1 Å². The minimum Gasteiger partial charge on any atom is -0.305 e. The van der Waals surface area contributed by atoms with Crippen LogP contribution in [-0.4, -0.2) is 29.8 Å². The van der Waals surface area contributed by atoms with E-state index in [-0.39, 0.29) is 0 Å². The molecule has 0 aliphatic heterocycles. The molecule has 2 nitrogen and oxygen atoms in total. The zero-order chi connectivity index (χ0) is 8.53. The summed E-state index contributed by atoms with van der Waals surface area (Å²) in [5.74, 6) is 0. The summed E-state index contributed by atoms with van der Waals surface area (Å²) in [6.07, 6.45) is 3.20. The molecule has 3 heteroatoms. The first kappa shape index (κ1) is 11.1. The average molecular weight is 174 g/mol. The quantitative estimate of drug-likeness (QED) is 0.335. The molecule has 0 spiro atoms. The van der Waals surface area contributed by atoms with Crippen molar-refractivity contribution in [2.45, 2.75) is 38.0 Å². The Hall–Kier alpha value is 0.137. The van der Waals surface area contributed by atoms with Gasteiger partial charge in [0, 0.05) is 9.52 Å². The molecule has 0 amide bonds. The number of nitrogens with one attached hydrogen (secondary N) is 2. The smallest absolute Gasteiger partial charge is 0.0566 e. The molecular weight excluding hydrogens is 152 g/mol. The van der Waals surface area contributed by atoms with Crippen LogP contribution in [0.1, 0.15) is 19.8 Å². The van der Waals surface area contributed by atoms with Crippen LogP contribution in [0.5, 0.6) is 0 Å². The molecule has 0 aromatic rings. The number of hydrogen-bond acceptors (Lipinski definition) is 2. The first-order valence-corrected chi connectivity index (χ1v) is 6.69. The van der Waals surface area contributed by atoms with E-state index in [1.165, 1.54) is 24.9 Å². The lowest BCUT2D eigenvalue weighted by molar-refractivity contribution is 0.458. The van der Waals surface area contributed by atoms with E-state index >= 15 is 0 Å². The van der Waals surface area contributed by atoms with Gasteiger partial charge in [-0.3, -0.25) is 0 Å². The Balaban J connectivity index is 3.07. The maximum Gasteiger partial charge on any atom is 0.0566 e. The summed E-state index contributed by atoms with van der Waals surface area (Å²) in [6, 6.07) is 2.97. The molecule has 0 heterocycles. The molecule has 0 aliphatic rings. The van der Waals surface area contributed by atoms with Gasteiger partial charge in [-0.2, -0.15) is 0 Å². The summed E-state index contributed by atoms with van der Waals surface area (Å²) in [7, 11) is 4.33. The molecule has 0 saturated heterocycles. The Morgan fingerprint density at radius 1 is 1.27 bits per heavy atom. The third-order valence-electron chi connectivity index (χ3n) is 2.04. The van der Waals surface area contributed by atoms with Gasteiger partial charge in [-0.15, -0.1) is 0 Å². The van der Waals surface area contributed by atoms with Crippen LogP contribution in [0.15, 0.2) is 0 Å². The highest BCUT2D eigenvalue weighted by Crippen LogP contribution is 1.99. The topological polar surface area (TPSA) is 24.1 Å². The van der Waals surface area contributed by atoms with Crippen LogP contribution in [-0.2, 0) is 0 Å². The lowest BCUT2D eigenvalue weighted by Crippen LogP contribution is -2.37. The second kappa shape index (κ2) is 8.24. The zero-order valence-corrected chi connectivity index (χ0v) is 9.53. The van der Waals surface area contributed by atoms with Crippen molar-refractivity contribution in [1.29, 1.82) is 0 Å². The molecule has 0 bridgehead atoms. The second-order valence-electron chi connectivity index (χ2n) is 2.98. The lowest BCUT2D eigenvalue weighted by atomic mass is 10.3. The van der Waals surface area contributed by atoms with E-state index in [0.717, 1.165) is 0 Å². The van der Waals surface area contributed by atoms with Gasteiger partial charge < -0.3 is 10.6 Å². The SMILES string of the molecule is CC[SiH2]CCCC(NC)NC. The summed E-state index contributed by atoms with van der Waals surface area (Å²) in [5, 5.41) is 6.47. The van der Waals surface area contributed by atoms with Crippen LogP contribution < -0.4 is 10.6 Å². The van der Waals surface area contributed by atoms with Gasteiger partial charge in [-0.05, 0) is 20.5 Å². The zero-order valence-electron chi connectivity index (χ0n) is 8.11.